The Hall–Kier alpha value is -2.16. The van der Waals surface area contributed by atoms with Gasteiger partial charge in [0.1, 0.15) is 11.6 Å². The fraction of sp³-hybridized carbons (Fsp3) is 0.609. The molecule has 3 N–H and O–H groups in total. The number of aromatic hydroxyl groups is 1. The Balaban J connectivity index is 1.68. The molecule has 1 aliphatic heterocycles. The number of likely N-dealkylation sites (tertiary alicyclic amines) is 1. The molecular weight excluding hydrogens is 426 g/mol. The number of hydrogen-bond donors (Lipinski definition) is 2. The molecule has 0 radical (unpaired) electrons. The lowest BCUT2D eigenvalue weighted by molar-refractivity contribution is 0.252. The lowest BCUT2D eigenvalue weighted by atomic mass is 9.99. The van der Waals surface area contributed by atoms with E-state index in [-0.39, 0.29) is 10.8 Å². The minimum atomic E-state index is 0.0151. The van der Waals surface area contributed by atoms with Gasteiger partial charge in [-0.1, -0.05) is 37.3 Å². The summed E-state index contributed by atoms with van der Waals surface area (Å²) in [6.45, 7) is 2.13. The second-order valence-corrected chi connectivity index (χ2v) is 9.54. The first-order valence-corrected chi connectivity index (χ1v) is 12.0. The van der Waals surface area contributed by atoms with Crippen molar-refractivity contribution >= 4 is 29.2 Å². The zero-order valence-electron chi connectivity index (χ0n) is 19.0. The molecule has 1 aliphatic carbocycles. The van der Waals surface area contributed by atoms with Crippen LogP contribution in [0.4, 0.5) is 17.6 Å². The van der Waals surface area contributed by atoms with Crippen molar-refractivity contribution in [3.05, 3.63) is 29.0 Å². The van der Waals surface area contributed by atoms with Crippen LogP contribution in [0.15, 0.2) is 18.2 Å². The standard InChI is InChI=1S/C23H34ClN7O/c1-29-13-11-17(12-14-29)30(2)22-26-21(16-7-5-3-4-6-8-16)27-23(28-22)31(25)18-9-10-20(32)19(24)15-18/h9-10,15-17,32H,3-8,11-14,25H2,1-2H3. The number of aromatic nitrogens is 3. The maximum Gasteiger partial charge on any atom is 0.249 e. The van der Waals surface area contributed by atoms with Crippen LogP contribution in [0.3, 0.4) is 0 Å². The molecule has 1 saturated heterocycles. The first-order valence-electron chi connectivity index (χ1n) is 11.6. The van der Waals surface area contributed by atoms with Crippen LogP contribution in [-0.4, -0.2) is 58.2 Å². The molecule has 9 heteroatoms. The highest BCUT2D eigenvalue weighted by Gasteiger charge is 2.26. The molecule has 2 fully saturated rings. The van der Waals surface area contributed by atoms with E-state index in [0.717, 1.165) is 44.6 Å². The number of phenolic OH excluding ortho intramolecular Hbond substituents is 1. The minimum absolute atomic E-state index is 0.0151. The molecule has 2 aliphatic rings. The predicted octanol–water partition coefficient (Wildman–Crippen LogP) is 4.21. The van der Waals surface area contributed by atoms with E-state index in [4.69, 9.17) is 32.4 Å². The van der Waals surface area contributed by atoms with Gasteiger partial charge in [0.15, 0.2) is 0 Å². The van der Waals surface area contributed by atoms with Crippen molar-refractivity contribution in [1.82, 2.24) is 19.9 Å². The Morgan fingerprint density at radius 2 is 1.66 bits per heavy atom. The van der Waals surface area contributed by atoms with Gasteiger partial charge in [0.05, 0.1) is 10.7 Å². The van der Waals surface area contributed by atoms with Crippen LogP contribution >= 0.6 is 11.6 Å². The third-order valence-electron chi connectivity index (χ3n) is 6.83. The number of rotatable bonds is 5. The Morgan fingerprint density at radius 3 is 2.31 bits per heavy atom. The molecule has 0 bridgehead atoms. The van der Waals surface area contributed by atoms with Crippen LogP contribution in [-0.2, 0) is 0 Å². The molecule has 32 heavy (non-hydrogen) atoms. The monoisotopic (exact) mass is 459 g/mol. The zero-order valence-corrected chi connectivity index (χ0v) is 19.8. The number of nitrogens with two attached hydrogens (primary N) is 1. The summed E-state index contributed by atoms with van der Waals surface area (Å²) in [6.07, 6.45) is 9.28. The van der Waals surface area contributed by atoms with Gasteiger partial charge in [-0.25, -0.2) is 10.9 Å². The van der Waals surface area contributed by atoms with Crippen LogP contribution in [0.1, 0.15) is 63.1 Å². The summed E-state index contributed by atoms with van der Waals surface area (Å²) in [5, 5.41) is 11.4. The highest BCUT2D eigenvalue weighted by atomic mass is 35.5. The Labute approximate surface area is 195 Å². The van der Waals surface area contributed by atoms with E-state index in [0.29, 0.717) is 29.5 Å². The predicted molar refractivity (Wildman–Crippen MR) is 129 cm³/mol. The molecule has 2 heterocycles. The molecular formula is C23H34ClN7O. The molecule has 0 unspecified atom stereocenters. The second kappa shape index (κ2) is 10.2. The van der Waals surface area contributed by atoms with E-state index in [1.54, 1.807) is 12.1 Å². The van der Waals surface area contributed by atoms with Gasteiger partial charge in [-0.3, -0.25) is 0 Å². The normalized spacial score (nSPS) is 19.0. The molecule has 0 amide bonds. The summed E-state index contributed by atoms with van der Waals surface area (Å²) in [5.41, 5.74) is 0.610. The molecule has 0 spiro atoms. The summed E-state index contributed by atoms with van der Waals surface area (Å²) in [5.74, 6) is 8.68. The molecule has 1 saturated carbocycles. The number of phenols is 1. The van der Waals surface area contributed by atoms with Crippen molar-refractivity contribution in [2.75, 3.05) is 37.1 Å². The van der Waals surface area contributed by atoms with Gasteiger partial charge in [0.2, 0.25) is 11.9 Å². The topological polar surface area (TPSA) is 94.6 Å². The SMILES string of the molecule is CN1CCC(N(C)c2nc(C3CCCCCC3)nc(N(N)c3ccc(O)c(Cl)c3)n2)CC1. The van der Waals surface area contributed by atoms with Crippen molar-refractivity contribution in [1.29, 1.82) is 0 Å². The van der Waals surface area contributed by atoms with Gasteiger partial charge in [0.25, 0.3) is 0 Å². The van der Waals surface area contributed by atoms with Gasteiger partial charge >= 0.3 is 0 Å². The zero-order chi connectivity index (χ0) is 22.7. The number of hydrazine groups is 1. The maximum absolute atomic E-state index is 9.77. The number of hydrogen-bond acceptors (Lipinski definition) is 8. The number of piperidine rings is 1. The van der Waals surface area contributed by atoms with Crippen LogP contribution in [0.5, 0.6) is 5.75 Å². The van der Waals surface area contributed by atoms with E-state index < -0.39 is 0 Å². The Kier molecular flexibility index (Phi) is 7.33. The van der Waals surface area contributed by atoms with Crippen molar-refractivity contribution in [2.24, 2.45) is 5.84 Å². The van der Waals surface area contributed by atoms with Crippen LogP contribution in [0.2, 0.25) is 5.02 Å². The van der Waals surface area contributed by atoms with Crippen LogP contribution in [0, 0.1) is 0 Å². The molecule has 2 aromatic rings. The molecule has 1 aromatic carbocycles. The van der Waals surface area contributed by atoms with E-state index in [1.807, 2.05) is 0 Å². The van der Waals surface area contributed by atoms with E-state index >= 15 is 0 Å². The van der Waals surface area contributed by atoms with E-state index in [2.05, 4.69) is 23.9 Å². The number of halogens is 1. The largest absolute Gasteiger partial charge is 0.506 e. The number of nitrogens with zero attached hydrogens (tertiary/aromatic N) is 6. The highest BCUT2D eigenvalue weighted by molar-refractivity contribution is 6.32. The molecule has 0 atom stereocenters. The van der Waals surface area contributed by atoms with Crippen LogP contribution in [0.25, 0.3) is 0 Å². The van der Waals surface area contributed by atoms with Crippen molar-refractivity contribution in [2.45, 2.75) is 63.3 Å². The van der Waals surface area contributed by atoms with Gasteiger partial charge in [-0.2, -0.15) is 15.0 Å². The molecule has 174 valence electrons. The smallest absolute Gasteiger partial charge is 0.249 e. The summed E-state index contributed by atoms with van der Waals surface area (Å²) in [6, 6.07) is 5.23. The van der Waals surface area contributed by atoms with Gasteiger partial charge < -0.3 is 14.9 Å². The van der Waals surface area contributed by atoms with E-state index in [9.17, 15) is 5.11 Å². The quantitative estimate of drug-likeness (QED) is 0.390. The van der Waals surface area contributed by atoms with Crippen molar-refractivity contribution in [3.63, 3.8) is 0 Å². The van der Waals surface area contributed by atoms with Crippen molar-refractivity contribution < 1.29 is 5.11 Å². The minimum Gasteiger partial charge on any atom is -0.506 e. The van der Waals surface area contributed by atoms with Crippen LogP contribution < -0.4 is 15.8 Å². The fourth-order valence-electron chi connectivity index (χ4n) is 4.66. The average Bonchev–Trinajstić information content (AvgIpc) is 3.10. The lowest BCUT2D eigenvalue weighted by Crippen LogP contribution is -2.43. The van der Waals surface area contributed by atoms with Crippen molar-refractivity contribution in [3.8, 4) is 5.75 Å². The summed E-state index contributed by atoms with van der Waals surface area (Å²) in [7, 11) is 4.24. The van der Waals surface area contributed by atoms with E-state index in [1.165, 1.54) is 36.8 Å². The molecule has 1 aromatic heterocycles. The Bertz CT molecular complexity index is 911. The lowest BCUT2D eigenvalue weighted by Gasteiger charge is -2.35. The second-order valence-electron chi connectivity index (χ2n) is 9.13. The van der Waals surface area contributed by atoms with Gasteiger partial charge in [0, 0.05) is 19.0 Å². The van der Waals surface area contributed by atoms with Gasteiger partial charge in [-0.05, 0) is 64.0 Å². The third kappa shape index (κ3) is 5.24. The van der Waals surface area contributed by atoms with Gasteiger partial charge in [-0.15, -0.1) is 0 Å². The molecule has 8 nitrogen and oxygen atoms in total. The maximum atomic E-state index is 9.77. The number of benzene rings is 1. The summed E-state index contributed by atoms with van der Waals surface area (Å²) < 4.78 is 0. The Morgan fingerprint density at radius 1 is 1.00 bits per heavy atom. The average molecular weight is 460 g/mol. The number of anilines is 3. The first kappa shape index (κ1) is 23.0. The summed E-state index contributed by atoms with van der Waals surface area (Å²) in [4.78, 5) is 19.1. The third-order valence-corrected chi connectivity index (χ3v) is 7.13. The summed E-state index contributed by atoms with van der Waals surface area (Å²) >= 11 is 6.11. The first-order chi connectivity index (χ1) is 15.4. The molecule has 4 rings (SSSR count). The fourth-order valence-corrected chi connectivity index (χ4v) is 4.84. The highest BCUT2D eigenvalue weighted by Crippen LogP contribution is 2.33.